The van der Waals surface area contributed by atoms with Crippen LogP contribution in [0.1, 0.15) is 22.8 Å². The molecule has 1 aliphatic heterocycles. The summed E-state index contributed by atoms with van der Waals surface area (Å²) in [5, 5.41) is 0.720. The Labute approximate surface area is 92.8 Å². The highest BCUT2D eigenvalue weighted by atomic mass is 35.5. The molecule has 1 heterocycles. The van der Waals surface area contributed by atoms with E-state index >= 15 is 0 Å². The van der Waals surface area contributed by atoms with Gasteiger partial charge in [-0.2, -0.15) is 11.8 Å². The largest absolute Gasteiger partial charge is 0.294 e. The SMILES string of the molecule is CC1CSCc2c(Cl)cccc2C1=O. The maximum absolute atomic E-state index is 11.9. The highest BCUT2D eigenvalue weighted by Gasteiger charge is 2.23. The van der Waals surface area contributed by atoms with Crippen LogP contribution in [0.3, 0.4) is 0 Å². The first-order valence-corrected chi connectivity index (χ1v) is 6.12. The average Bonchev–Trinajstić information content (AvgIpc) is 2.31. The molecule has 0 radical (unpaired) electrons. The lowest BCUT2D eigenvalue weighted by molar-refractivity contribution is 0.0942. The number of benzene rings is 1. The second kappa shape index (κ2) is 3.95. The molecule has 0 fully saturated rings. The lowest BCUT2D eigenvalue weighted by Gasteiger charge is -2.07. The summed E-state index contributed by atoms with van der Waals surface area (Å²) in [4.78, 5) is 11.9. The molecule has 74 valence electrons. The normalized spacial score (nSPS) is 21.6. The van der Waals surface area contributed by atoms with Crippen LogP contribution >= 0.6 is 23.4 Å². The van der Waals surface area contributed by atoms with Crippen LogP contribution in [-0.4, -0.2) is 11.5 Å². The molecule has 0 aromatic heterocycles. The number of hydrogen-bond donors (Lipinski definition) is 0. The van der Waals surface area contributed by atoms with Crippen molar-refractivity contribution in [1.29, 1.82) is 0 Å². The van der Waals surface area contributed by atoms with E-state index in [9.17, 15) is 4.79 Å². The standard InChI is InChI=1S/C11H11ClOS/c1-7-5-14-6-9-8(11(7)13)3-2-4-10(9)12/h2-4,7H,5-6H2,1H3. The number of fused-ring (bicyclic) bond motifs is 1. The predicted octanol–water partition coefficient (Wildman–Crippen LogP) is 3.41. The molecular formula is C11H11ClOS. The van der Waals surface area contributed by atoms with Crippen molar-refractivity contribution >= 4 is 29.1 Å². The molecule has 0 amide bonds. The molecule has 0 bridgehead atoms. The fraction of sp³-hybridized carbons (Fsp3) is 0.364. The monoisotopic (exact) mass is 226 g/mol. The van der Waals surface area contributed by atoms with Crippen LogP contribution < -0.4 is 0 Å². The van der Waals surface area contributed by atoms with E-state index in [-0.39, 0.29) is 11.7 Å². The van der Waals surface area contributed by atoms with E-state index in [1.807, 2.05) is 25.1 Å². The molecule has 3 heteroatoms. The molecule has 0 N–H and O–H groups in total. The molecule has 1 atom stereocenters. The van der Waals surface area contributed by atoms with Crippen LogP contribution in [0.15, 0.2) is 18.2 Å². The lowest BCUT2D eigenvalue weighted by Crippen LogP contribution is -2.12. The number of thioether (sulfide) groups is 1. The van der Waals surface area contributed by atoms with Crippen LogP contribution in [0.2, 0.25) is 5.02 Å². The second-order valence-electron chi connectivity index (χ2n) is 3.55. The number of rotatable bonds is 0. The maximum atomic E-state index is 11.9. The Hall–Kier alpha value is -0.470. The zero-order valence-corrected chi connectivity index (χ0v) is 9.49. The summed E-state index contributed by atoms with van der Waals surface area (Å²) in [6, 6.07) is 5.58. The fourth-order valence-corrected chi connectivity index (χ4v) is 3.07. The van der Waals surface area contributed by atoms with Gasteiger partial charge >= 0.3 is 0 Å². The molecule has 1 aromatic carbocycles. The van der Waals surface area contributed by atoms with E-state index in [2.05, 4.69) is 0 Å². The van der Waals surface area contributed by atoms with Gasteiger partial charge in [-0.15, -0.1) is 0 Å². The number of ketones is 1. The molecular weight excluding hydrogens is 216 g/mol. The van der Waals surface area contributed by atoms with Gasteiger partial charge in [-0.25, -0.2) is 0 Å². The Morgan fingerprint density at radius 2 is 2.29 bits per heavy atom. The quantitative estimate of drug-likeness (QED) is 0.675. The van der Waals surface area contributed by atoms with Gasteiger partial charge in [0.1, 0.15) is 0 Å². The third kappa shape index (κ3) is 1.69. The first-order chi connectivity index (χ1) is 6.70. The van der Waals surface area contributed by atoms with Crippen LogP contribution in [-0.2, 0) is 5.75 Å². The minimum Gasteiger partial charge on any atom is -0.294 e. The lowest BCUT2D eigenvalue weighted by atomic mass is 9.97. The Bertz CT molecular complexity index is 376. The number of halogens is 1. The van der Waals surface area contributed by atoms with E-state index in [1.165, 1.54) is 0 Å². The van der Waals surface area contributed by atoms with E-state index in [0.717, 1.165) is 27.7 Å². The third-order valence-electron chi connectivity index (χ3n) is 2.45. The van der Waals surface area contributed by atoms with Crippen molar-refractivity contribution in [2.75, 3.05) is 5.75 Å². The second-order valence-corrected chi connectivity index (χ2v) is 4.98. The van der Waals surface area contributed by atoms with Crippen molar-refractivity contribution in [3.63, 3.8) is 0 Å². The first-order valence-electron chi connectivity index (χ1n) is 4.59. The molecule has 1 nitrogen and oxygen atoms in total. The molecule has 0 spiro atoms. The van der Waals surface area contributed by atoms with Gasteiger partial charge in [-0.05, 0) is 11.6 Å². The van der Waals surface area contributed by atoms with E-state index in [1.54, 1.807) is 11.8 Å². The van der Waals surface area contributed by atoms with Gasteiger partial charge in [0, 0.05) is 28.0 Å². The Balaban J connectivity index is 2.53. The van der Waals surface area contributed by atoms with Crippen LogP contribution in [0.5, 0.6) is 0 Å². The van der Waals surface area contributed by atoms with Gasteiger partial charge in [-0.1, -0.05) is 30.7 Å². The van der Waals surface area contributed by atoms with E-state index < -0.39 is 0 Å². The molecule has 0 saturated carbocycles. The van der Waals surface area contributed by atoms with Crippen molar-refractivity contribution in [3.05, 3.63) is 34.3 Å². The minimum absolute atomic E-state index is 0.111. The summed E-state index contributed by atoms with van der Waals surface area (Å²) in [6.07, 6.45) is 0. The Kier molecular flexibility index (Phi) is 2.84. The first kappa shape index (κ1) is 10.1. The van der Waals surface area contributed by atoms with E-state index in [0.29, 0.717) is 0 Å². The Morgan fingerprint density at radius 3 is 3.07 bits per heavy atom. The van der Waals surface area contributed by atoms with Gasteiger partial charge in [0.25, 0.3) is 0 Å². The number of carbonyl (C=O) groups excluding carboxylic acids is 1. The average molecular weight is 227 g/mol. The van der Waals surface area contributed by atoms with Crippen LogP contribution in [0.4, 0.5) is 0 Å². The zero-order valence-electron chi connectivity index (χ0n) is 7.92. The topological polar surface area (TPSA) is 17.1 Å². The summed E-state index contributed by atoms with van der Waals surface area (Å²) in [6.45, 7) is 1.98. The summed E-state index contributed by atoms with van der Waals surface area (Å²) in [7, 11) is 0. The number of carbonyl (C=O) groups is 1. The number of Topliss-reactive ketones (excluding diaryl/α,β-unsaturated/α-hetero) is 1. The summed E-state index contributed by atoms with van der Waals surface area (Å²) >= 11 is 7.84. The molecule has 14 heavy (non-hydrogen) atoms. The van der Waals surface area contributed by atoms with Crippen molar-refractivity contribution in [2.45, 2.75) is 12.7 Å². The van der Waals surface area contributed by atoms with Gasteiger partial charge in [0.2, 0.25) is 0 Å². The van der Waals surface area contributed by atoms with Crippen molar-refractivity contribution in [3.8, 4) is 0 Å². The highest BCUT2D eigenvalue weighted by molar-refractivity contribution is 7.98. The smallest absolute Gasteiger partial charge is 0.166 e. The van der Waals surface area contributed by atoms with Crippen molar-refractivity contribution in [1.82, 2.24) is 0 Å². The zero-order chi connectivity index (χ0) is 10.1. The van der Waals surface area contributed by atoms with Crippen LogP contribution in [0, 0.1) is 5.92 Å². The van der Waals surface area contributed by atoms with E-state index in [4.69, 9.17) is 11.6 Å². The molecule has 0 saturated heterocycles. The molecule has 1 unspecified atom stereocenters. The Morgan fingerprint density at radius 1 is 1.50 bits per heavy atom. The van der Waals surface area contributed by atoms with Crippen molar-refractivity contribution in [2.24, 2.45) is 5.92 Å². The number of hydrogen-bond acceptors (Lipinski definition) is 2. The third-order valence-corrected chi connectivity index (χ3v) is 4.03. The van der Waals surface area contributed by atoms with Gasteiger partial charge < -0.3 is 0 Å². The van der Waals surface area contributed by atoms with Gasteiger partial charge in [0.05, 0.1) is 0 Å². The maximum Gasteiger partial charge on any atom is 0.166 e. The van der Waals surface area contributed by atoms with Gasteiger partial charge in [-0.3, -0.25) is 4.79 Å². The summed E-state index contributed by atoms with van der Waals surface area (Å²) < 4.78 is 0. The fourth-order valence-electron chi connectivity index (χ4n) is 1.62. The molecule has 1 aliphatic rings. The minimum atomic E-state index is 0.111. The molecule has 2 rings (SSSR count). The highest BCUT2D eigenvalue weighted by Crippen LogP contribution is 2.31. The van der Waals surface area contributed by atoms with Crippen LogP contribution in [0.25, 0.3) is 0 Å². The van der Waals surface area contributed by atoms with Gasteiger partial charge in [0.15, 0.2) is 5.78 Å². The molecule has 0 aliphatic carbocycles. The summed E-state index contributed by atoms with van der Waals surface area (Å²) in [5.41, 5.74) is 1.82. The molecule has 1 aromatic rings. The van der Waals surface area contributed by atoms with Crippen molar-refractivity contribution < 1.29 is 4.79 Å². The predicted molar refractivity (Wildman–Crippen MR) is 61.1 cm³/mol. The summed E-state index contributed by atoms with van der Waals surface area (Å²) in [5.74, 6) is 2.08.